The topological polar surface area (TPSA) is 48.7 Å². The van der Waals surface area contributed by atoms with E-state index in [9.17, 15) is 18.0 Å². The fourth-order valence-corrected chi connectivity index (χ4v) is 4.89. The maximum Gasteiger partial charge on any atom is 0.416 e. The van der Waals surface area contributed by atoms with Gasteiger partial charge in [-0.1, -0.05) is 18.2 Å². The SMILES string of the molecule is O=C(NCc1ccco1)[C@@H]1Cc2cc(C(F)(F)F)ccc2N2CCN(c3ccccc3)C[C@@H]12. The summed E-state index contributed by atoms with van der Waals surface area (Å²) in [6.45, 7) is 2.21. The number of piperazine rings is 1. The Morgan fingerprint density at radius 1 is 1.06 bits per heavy atom. The number of nitrogens with one attached hydrogen (secondary N) is 1. The molecule has 5 nitrogen and oxygen atoms in total. The zero-order chi connectivity index (χ0) is 23.0. The first kappa shape index (κ1) is 21.4. The van der Waals surface area contributed by atoms with E-state index in [0.717, 1.165) is 24.0 Å². The zero-order valence-corrected chi connectivity index (χ0v) is 17.9. The van der Waals surface area contributed by atoms with Crippen LogP contribution in [0.15, 0.2) is 71.3 Å². The van der Waals surface area contributed by atoms with Crippen LogP contribution in [-0.4, -0.2) is 31.6 Å². The van der Waals surface area contributed by atoms with Gasteiger partial charge in [-0.05, 0) is 54.4 Å². The predicted molar refractivity (Wildman–Crippen MR) is 119 cm³/mol. The van der Waals surface area contributed by atoms with Crippen LogP contribution in [0.4, 0.5) is 24.5 Å². The standard InChI is InChI=1S/C25H24F3N3O2/c26-25(27,28)18-8-9-22-17(13-18)14-21(24(32)29-15-20-7-4-12-33-20)23-16-30(10-11-31(22)23)19-5-2-1-3-6-19/h1-9,12-13,21,23H,10-11,14-16H2,(H,29,32)/t21-,23+/m1/s1. The third-order valence-electron chi connectivity index (χ3n) is 6.51. The van der Waals surface area contributed by atoms with Crippen molar-refractivity contribution in [3.8, 4) is 0 Å². The van der Waals surface area contributed by atoms with Crippen molar-refractivity contribution in [2.75, 3.05) is 29.4 Å². The Hall–Kier alpha value is -3.42. The largest absolute Gasteiger partial charge is 0.467 e. The molecule has 2 aliphatic rings. The molecular formula is C25H24F3N3O2. The number of carbonyl (C=O) groups excluding carboxylic acids is 1. The lowest BCUT2D eigenvalue weighted by Crippen LogP contribution is -2.61. The van der Waals surface area contributed by atoms with Gasteiger partial charge in [0, 0.05) is 31.0 Å². The fourth-order valence-electron chi connectivity index (χ4n) is 4.89. The summed E-state index contributed by atoms with van der Waals surface area (Å²) < 4.78 is 45.4. The lowest BCUT2D eigenvalue weighted by Gasteiger charge is -2.49. The molecule has 3 heterocycles. The molecule has 1 saturated heterocycles. The summed E-state index contributed by atoms with van der Waals surface area (Å²) in [5, 5.41) is 2.92. The third-order valence-corrected chi connectivity index (χ3v) is 6.51. The van der Waals surface area contributed by atoms with Crippen LogP contribution in [0, 0.1) is 5.92 Å². The van der Waals surface area contributed by atoms with E-state index in [1.165, 1.54) is 12.3 Å². The van der Waals surface area contributed by atoms with Crippen LogP contribution in [-0.2, 0) is 23.9 Å². The Morgan fingerprint density at radius 3 is 2.61 bits per heavy atom. The number of hydrogen-bond acceptors (Lipinski definition) is 4. The van der Waals surface area contributed by atoms with Gasteiger partial charge in [0.05, 0.1) is 30.3 Å². The van der Waals surface area contributed by atoms with Crippen molar-refractivity contribution in [3.05, 3.63) is 83.8 Å². The minimum Gasteiger partial charge on any atom is -0.467 e. The normalized spacial score (nSPS) is 20.2. The number of furan rings is 1. The van der Waals surface area contributed by atoms with Crippen molar-refractivity contribution in [3.63, 3.8) is 0 Å². The molecule has 2 aromatic carbocycles. The smallest absolute Gasteiger partial charge is 0.416 e. The van der Waals surface area contributed by atoms with Crippen molar-refractivity contribution in [2.24, 2.45) is 5.92 Å². The van der Waals surface area contributed by atoms with Crippen molar-refractivity contribution < 1.29 is 22.4 Å². The molecular weight excluding hydrogens is 431 g/mol. The van der Waals surface area contributed by atoms with E-state index < -0.39 is 17.7 Å². The minimum absolute atomic E-state index is 0.153. The number of anilines is 2. The molecule has 0 saturated carbocycles. The third kappa shape index (κ3) is 4.29. The molecule has 172 valence electrons. The summed E-state index contributed by atoms with van der Waals surface area (Å²) >= 11 is 0. The molecule has 0 bridgehead atoms. The van der Waals surface area contributed by atoms with Gasteiger partial charge in [0.1, 0.15) is 5.76 Å². The molecule has 3 aromatic rings. The maximum atomic E-state index is 13.4. The number of rotatable bonds is 4. The molecule has 0 radical (unpaired) electrons. The van der Waals surface area contributed by atoms with Crippen molar-refractivity contribution >= 4 is 17.3 Å². The Labute approximate surface area is 189 Å². The maximum absolute atomic E-state index is 13.4. The zero-order valence-electron chi connectivity index (χ0n) is 17.9. The quantitative estimate of drug-likeness (QED) is 0.630. The van der Waals surface area contributed by atoms with Gasteiger partial charge < -0.3 is 19.5 Å². The first-order valence-corrected chi connectivity index (χ1v) is 11.0. The molecule has 2 atom stereocenters. The molecule has 0 aliphatic carbocycles. The van der Waals surface area contributed by atoms with Crippen LogP contribution < -0.4 is 15.1 Å². The highest BCUT2D eigenvalue weighted by atomic mass is 19.4. The first-order chi connectivity index (χ1) is 15.9. The summed E-state index contributed by atoms with van der Waals surface area (Å²) in [7, 11) is 0. The van der Waals surface area contributed by atoms with E-state index in [2.05, 4.69) is 15.1 Å². The van der Waals surface area contributed by atoms with Crippen LogP contribution in [0.5, 0.6) is 0 Å². The summed E-state index contributed by atoms with van der Waals surface area (Å²) in [6.07, 6.45) is -2.63. The van der Waals surface area contributed by atoms with Crippen LogP contribution in [0.2, 0.25) is 0 Å². The molecule has 0 unspecified atom stereocenters. The Morgan fingerprint density at radius 2 is 1.88 bits per heavy atom. The van der Waals surface area contributed by atoms with E-state index in [1.54, 1.807) is 18.2 Å². The van der Waals surface area contributed by atoms with E-state index in [-0.39, 0.29) is 24.9 Å². The summed E-state index contributed by atoms with van der Waals surface area (Å²) in [6, 6.07) is 17.2. The number of hydrogen-bond donors (Lipinski definition) is 1. The lowest BCUT2D eigenvalue weighted by atomic mass is 9.82. The molecule has 2 aliphatic heterocycles. The molecule has 1 aromatic heterocycles. The van der Waals surface area contributed by atoms with Crippen LogP contribution in [0.25, 0.3) is 0 Å². The van der Waals surface area contributed by atoms with Crippen LogP contribution >= 0.6 is 0 Å². The van der Waals surface area contributed by atoms with Gasteiger partial charge in [-0.3, -0.25) is 4.79 Å². The summed E-state index contributed by atoms with van der Waals surface area (Å²) in [5.41, 5.74) is 1.74. The Balaban J connectivity index is 1.45. The number of halogens is 3. The van der Waals surface area contributed by atoms with E-state index in [1.807, 2.05) is 30.3 Å². The van der Waals surface area contributed by atoms with Gasteiger partial charge in [-0.15, -0.1) is 0 Å². The van der Waals surface area contributed by atoms with Gasteiger partial charge in [-0.25, -0.2) is 0 Å². The van der Waals surface area contributed by atoms with Crippen molar-refractivity contribution in [2.45, 2.75) is 25.2 Å². The van der Waals surface area contributed by atoms with Crippen LogP contribution in [0.1, 0.15) is 16.9 Å². The van der Waals surface area contributed by atoms with Crippen molar-refractivity contribution in [1.82, 2.24) is 5.32 Å². The highest BCUT2D eigenvalue weighted by molar-refractivity contribution is 5.82. The Bertz CT molecular complexity index is 1120. The molecule has 1 N–H and O–H groups in total. The molecule has 1 fully saturated rings. The number of para-hydroxylation sites is 1. The van der Waals surface area contributed by atoms with Crippen LogP contribution in [0.3, 0.4) is 0 Å². The second-order valence-corrected chi connectivity index (χ2v) is 8.49. The Kier molecular flexibility index (Phi) is 5.52. The monoisotopic (exact) mass is 455 g/mol. The molecule has 8 heteroatoms. The first-order valence-electron chi connectivity index (χ1n) is 11.0. The number of fused-ring (bicyclic) bond motifs is 3. The second kappa shape index (κ2) is 8.50. The van der Waals surface area contributed by atoms with Gasteiger partial charge in [0.2, 0.25) is 5.91 Å². The number of benzene rings is 2. The highest BCUT2D eigenvalue weighted by Gasteiger charge is 2.42. The lowest BCUT2D eigenvalue weighted by molar-refractivity contribution is -0.137. The molecule has 33 heavy (non-hydrogen) atoms. The van der Waals surface area contributed by atoms with E-state index in [0.29, 0.717) is 24.4 Å². The average molecular weight is 455 g/mol. The van der Waals surface area contributed by atoms with E-state index >= 15 is 0 Å². The number of nitrogens with zero attached hydrogens (tertiary/aromatic N) is 2. The fraction of sp³-hybridized carbons (Fsp3) is 0.320. The minimum atomic E-state index is -4.42. The second-order valence-electron chi connectivity index (χ2n) is 8.49. The molecule has 1 amide bonds. The van der Waals surface area contributed by atoms with Gasteiger partial charge in [-0.2, -0.15) is 13.2 Å². The predicted octanol–water partition coefficient (Wildman–Crippen LogP) is 4.48. The van der Waals surface area contributed by atoms with Gasteiger partial charge in [0.15, 0.2) is 0 Å². The summed E-state index contributed by atoms with van der Waals surface area (Å²) in [4.78, 5) is 17.6. The molecule has 0 spiro atoms. The van der Waals surface area contributed by atoms with Gasteiger partial charge in [0.25, 0.3) is 0 Å². The number of alkyl halides is 3. The number of carbonyl (C=O) groups is 1. The average Bonchev–Trinajstić information content (AvgIpc) is 3.35. The van der Waals surface area contributed by atoms with Gasteiger partial charge >= 0.3 is 6.18 Å². The number of amides is 1. The molecule has 5 rings (SSSR count). The van der Waals surface area contributed by atoms with E-state index in [4.69, 9.17) is 4.42 Å². The van der Waals surface area contributed by atoms with Crippen molar-refractivity contribution in [1.29, 1.82) is 0 Å². The highest BCUT2D eigenvalue weighted by Crippen LogP contribution is 2.40. The summed E-state index contributed by atoms with van der Waals surface area (Å²) in [5.74, 6) is -0.0350.